The van der Waals surface area contributed by atoms with E-state index < -0.39 is 14.2 Å². The summed E-state index contributed by atoms with van der Waals surface area (Å²) in [6.45, 7) is 11.0. The molecule has 4 heteroatoms. The minimum atomic E-state index is -2.05. The van der Waals surface area contributed by atoms with Crippen molar-refractivity contribution in [3.8, 4) is 0 Å². The van der Waals surface area contributed by atoms with E-state index in [1.165, 1.54) is 0 Å². The average molecular weight is 206 g/mol. The SMILES string of the molecule is C=C(C)COC(=C(F)F)[Si](C)(C)C. The molecule has 0 aliphatic rings. The van der Waals surface area contributed by atoms with Crippen LogP contribution in [0.5, 0.6) is 0 Å². The summed E-state index contributed by atoms with van der Waals surface area (Å²) in [5.74, 6) is 0. The van der Waals surface area contributed by atoms with Crippen LogP contribution in [0.1, 0.15) is 6.92 Å². The number of halogens is 2. The molecule has 0 atom stereocenters. The quantitative estimate of drug-likeness (QED) is 0.388. The molecule has 0 heterocycles. The lowest BCUT2D eigenvalue weighted by Gasteiger charge is -2.20. The molecule has 0 saturated heterocycles. The molecule has 0 rings (SSSR count). The summed E-state index contributed by atoms with van der Waals surface area (Å²) >= 11 is 0. The zero-order valence-corrected chi connectivity index (χ0v) is 9.58. The zero-order chi connectivity index (χ0) is 10.6. The maximum Gasteiger partial charge on any atom is 0.302 e. The molecule has 0 N–H and O–H groups in total. The standard InChI is InChI=1S/C9H16F2OSi/c1-7(2)6-12-9(8(10)11)13(3,4)5/h1,6H2,2-5H3. The summed E-state index contributed by atoms with van der Waals surface area (Å²) in [5, 5.41) is -0.115. The second-order valence-corrected chi connectivity index (χ2v) is 9.04. The molecule has 76 valence electrons. The van der Waals surface area contributed by atoms with Crippen molar-refractivity contribution < 1.29 is 13.5 Å². The van der Waals surface area contributed by atoms with Crippen LogP contribution in [0.4, 0.5) is 8.78 Å². The molecule has 13 heavy (non-hydrogen) atoms. The number of rotatable bonds is 4. The van der Waals surface area contributed by atoms with Gasteiger partial charge in [0.15, 0.2) is 0 Å². The highest BCUT2D eigenvalue weighted by Crippen LogP contribution is 2.22. The van der Waals surface area contributed by atoms with E-state index >= 15 is 0 Å². The van der Waals surface area contributed by atoms with Gasteiger partial charge in [0.1, 0.15) is 20.1 Å². The average Bonchev–Trinajstić information content (AvgIpc) is 1.81. The van der Waals surface area contributed by atoms with Crippen molar-refractivity contribution in [2.45, 2.75) is 26.6 Å². The Labute approximate surface area is 79.1 Å². The maximum absolute atomic E-state index is 12.4. The highest BCUT2D eigenvalue weighted by atomic mass is 28.3. The Morgan fingerprint density at radius 2 is 1.77 bits per heavy atom. The lowest BCUT2D eigenvalue weighted by Crippen LogP contribution is -2.27. The molecular formula is C9H16F2OSi. The highest BCUT2D eigenvalue weighted by molar-refractivity contribution is 6.82. The first-order valence-corrected chi connectivity index (χ1v) is 7.58. The van der Waals surface area contributed by atoms with Crippen molar-refractivity contribution in [2.75, 3.05) is 6.61 Å². The van der Waals surface area contributed by atoms with Gasteiger partial charge in [0.2, 0.25) is 0 Å². The Morgan fingerprint density at radius 3 is 2.00 bits per heavy atom. The maximum atomic E-state index is 12.4. The minimum absolute atomic E-state index is 0.115. The molecule has 0 aliphatic heterocycles. The third kappa shape index (κ3) is 4.82. The van der Waals surface area contributed by atoms with Crippen LogP contribution in [0.3, 0.4) is 0 Å². The molecule has 0 radical (unpaired) electrons. The van der Waals surface area contributed by atoms with E-state index in [2.05, 4.69) is 6.58 Å². The Balaban J connectivity index is 4.50. The molecule has 0 unspecified atom stereocenters. The number of hydrogen-bond acceptors (Lipinski definition) is 1. The Kier molecular flexibility index (Phi) is 4.33. The first-order chi connectivity index (χ1) is 5.75. The second-order valence-electron chi connectivity index (χ2n) is 4.09. The van der Waals surface area contributed by atoms with E-state index in [1.54, 1.807) is 6.92 Å². The van der Waals surface area contributed by atoms with E-state index in [-0.39, 0.29) is 12.0 Å². The summed E-state index contributed by atoms with van der Waals surface area (Å²) in [4.78, 5) is 0. The fourth-order valence-corrected chi connectivity index (χ4v) is 1.82. The van der Waals surface area contributed by atoms with Gasteiger partial charge in [-0.25, -0.2) is 0 Å². The minimum Gasteiger partial charge on any atom is -0.493 e. The van der Waals surface area contributed by atoms with Gasteiger partial charge in [-0.15, -0.1) is 0 Å². The van der Waals surface area contributed by atoms with Gasteiger partial charge >= 0.3 is 6.08 Å². The lowest BCUT2D eigenvalue weighted by atomic mass is 10.4. The van der Waals surface area contributed by atoms with Crippen LogP contribution in [0.15, 0.2) is 23.6 Å². The van der Waals surface area contributed by atoms with Crippen LogP contribution in [0, 0.1) is 0 Å². The van der Waals surface area contributed by atoms with Gasteiger partial charge < -0.3 is 4.74 Å². The first kappa shape index (κ1) is 12.4. The van der Waals surface area contributed by atoms with Crippen molar-refractivity contribution in [2.24, 2.45) is 0 Å². The molecule has 1 nitrogen and oxygen atoms in total. The molecule has 0 aromatic heterocycles. The molecule has 0 amide bonds. The summed E-state index contributed by atoms with van der Waals surface area (Å²) < 4.78 is 29.8. The predicted octanol–water partition coefficient (Wildman–Crippen LogP) is 3.56. The molecule has 0 aliphatic carbocycles. The summed E-state index contributed by atoms with van der Waals surface area (Å²) in [5.41, 5.74) is 0.747. The Morgan fingerprint density at radius 1 is 1.31 bits per heavy atom. The molecular weight excluding hydrogens is 190 g/mol. The van der Waals surface area contributed by atoms with Gasteiger partial charge in [-0.1, -0.05) is 26.2 Å². The topological polar surface area (TPSA) is 9.23 Å². The van der Waals surface area contributed by atoms with Crippen molar-refractivity contribution in [3.05, 3.63) is 23.6 Å². The van der Waals surface area contributed by atoms with E-state index in [4.69, 9.17) is 4.74 Å². The van der Waals surface area contributed by atoms with Gasteiger partial charge in [0.25, 0.3) is 0 Å². The third-order valence-electron chi connectivity index (χ3n) is 1.32. The fraction of sp³-hybridized carbons (Fsp3) is 0.556. The summed E-state index contributed by atoms with van der Waals surface area (Å²) in [6.07, 6.45) is -1.69. The van der Waals surface area contributed by atoms with Crippen LogP contribution >= 0.6 is 0 Å². The van der Waals surface area contributed by atoms with Crippen molar-refractivity contribution in [1.29, 1.82) is 0 Å². The highest BCUT2D eigenvalue weighted by Gasteiger charge is 2.26. The smallest absolute Gasteiger partial charge is 0.302 e. The molecule has 0 aromatic rings. The third-order valence-corrected chi connectivity index (χ3v) is 3.01. The molecule has 0 spiro atoms. The Hall–Kier alpha value is -0.643. The molecule has 0 bridgehead atoms. The van der Waals surface area contributed by atoms with Crippen LogP contribution in [0.25, 0.3) is 0 Å². The molecule has 0 saturated carbocycles. The normalized spacial score (nSPS) is 10.9. The van der Waals surface area contributed by atoms with Crippen LogP contribution in [0.2, 0.25) is 19.6 Å². The zero-order valence-electron chi connectivity index (χ0n) is 8.58. The fourth-order valence-electron chi connectivity index (χ4n) is 0.750. The van der Waals surface area contributed by atoms with E-state index in [9.17, 15) is 8.78 Å². The molecule has 0 aromatic carbocycles. The van der Waals surface area contributed by atoms with E-state index in [1.807, 2.05) is 19.6 Å². The first-order valence-electron chi connectivity index (χ1n) is 4.08. The van der Waals surface area contributed by atoms with Crippen LogP contribution < -0.4 is 0 Å². The van der Waals surface area contributed by atoms with Gasteiger partial charge in [-0.2, -0.15) is 8.78 Å². The predicted molar refractivity (Wildman–Crippen MR) is 53.4 cm³/mol. The summed E-state index contributed by atoms with van der Waals surface area (Å²) in [7, 11) is -2.05. The van der Waals surface area contributed by atoms with Crippen molar-refractivity contribution >= 4 is 8.07 Å². The van der Waals surface area contributed by atoms with Gasteiger partial charge in [-0.05, 0) is 12.5 Å². The van der Waals surface area contributed by atoms with E-state index in [0.29, 0.717) is 0 Å². The lowest BCUT2D eigenvalue weighted by molar-refractivity contribution is 0.230. The summed E-state index contributed by atoms with van der Waals surface area (Å²) in [6, 6.07) is 0. The molecule has 0 fully saturated rings. The van der Waals surface area contributed by atoms with Crippen molar-refractivity contribution in [3.63, 3.8) is 0 Å². The monoisotopic (exact) mass is 206 g/mol. The van der Waals surface area contributed by atoms with Gasteiger partial charge in [0.05, 0.1) is 0 Å². The van der Waals surface area contributed by atoms with Crippen LogP contribution in [-0.2, 0) is 4.74 Å². The largest absolute Gasteiger partial charge is 0.493 e. The number of ether oxygens (including phenoxy) is 1. The van der Waals surface area contributed by atoms with E-state index in [0.717, 1.165) is 5.57 Å². The van der Waals surface area contributed by atoms with Crippen molar-refractivity contribution in [1.82, 2.24) is 0 Å². The van der Waals surface area contributed by atoms with Gasteiger partial charge in [-0.3, -0.25) is 0 Å². The Bertz CT molecular complexity index is 224. The number of hydrogen-bond donors (Lipinski definition) is 0. The van der Waals surface area contributed by atoms with Crippen LogP contribution in [-0.4, -0.2) is 14.7 Å². The second kappa shape index (κ2) is 4.55. The van der Waals surface area contributed by atoms with Gasteiger partial charge in [0, 0.05) is 0 Å².